The first kappa shape index (κ1) is 27.8. The van der Waals surface area contributed by atoms with Crippen LogP contribution in [0.1, 0.15) is 104 Å². The molecule has 0 aromatic heterocycles. The van der Waals surface area contributed by atoms with Crippen LogP contribution >= 0.6 is 0 Å². The van der Waals surface area contributed by atoms with Gasteiger partial charge in [0, 0.05) is 0 Å². The van der Waals surface area contributed by atoms with Gasteiger partial charge in [-0.1, -0.05) is 64.9 Å². The van der Waals surface area contributed by atoms with Gasteiger partial charge in [-0.25, -0.2) is 12.8 Å². The third-order valence-corrected chi connectivity index (χ3v) is 10.1. The van der Waals surface area contributed by atoms with E-state index in [1.165, 1.54) is 57.3 Å². The van der Waals surface area contributed by atoms with Crippen LogP contribution in [0.25, 0.3) is 0 Å². The summed E-state index contributed by atoms with van der Waals surface area (Å²) in [7, 11) is -2.81. The molecule has 0 aromatic carbocycles. The quantitative estimate of drug-likeness (QED) is 0.178. The molecule has 0 radical (unpaired) electrons. The highest BCUT2D eigenvalue weighted by Gasteiger charge is 2.54. The molecule has 0 amide bonds. The van der Waals surface area contributed by atoms with Crippen LogP contribution in [-0.4, -0.2) is 31.9 Å². The topological polar surface area (TPSA) is 60.4 Å². The van der Waals surface area contributed by atoms with E-state index >= 15 is 0 Å². The number of allylic oxidation sites excluding steroid dienone is 5. The maximum Gasteiger partial charge on any atom is 0.327 e. The Bertz CT molecular complexity index is 843. The molecule has 2 rings (SSSR count). The molecule has 2 unspecified atom stereocenters. The average Bonchev–Trinajstić information content (AvgIpc) is 3.08. The van der Waals surface area contributed by atoms with Gasteiger partial charge in [0.25, 0.3) is 0 Å². The summed E-state index contributed by atoms with van der Waals surface area (Å²) in [6.45, 7) is 5.75. The average molecular weight is 483 g/mol. The van der Waals surface area contributed by atoms with E-state index in [0.717, 1.165) is 44.9 Å². The number of alkyl halides is 1. The minimum absolute atomic E-state index is 0.0185. The van der Waals surface area contributed by atoms with Crippen molar-refractivity contribution in [3.8, 4) is 0 Å². The Morgan fingerprint density at radius 3 is 2.21 bits per heavy atom. The molecule has 1 fully saturated rings. The molecule has 2 aliphatic carbocycles. The van der Waals surface area contributed by atoms with Crippen LogP contribution in [-0.2, 0) is 19.4 Å². The molecule has 188 valence electrons. The molecule has 0 saturated heterocycles. The van der Waals surface area contributed by atoms with E-state index < -0.39 is 26.2 Å². The number of ether oxygens (including phenoxy) is 1. The number of methoxy groups -OCH3 is 1. The van der Waals surface area contributed by atoms with Crippen molar-refractivity contribution in [2.24, 2.45) is 5.41 Å². The number of unbranched alkanes of at least 4 members (excludes halogenated alkanes) is 4. The minimum atomic E-state index is -4.07. The zero-order valence-electron chi connectivity index (χ0n) is 21.0. The zero-order chi connectivity index (χ0) is 24.6. The van der Waals surface area contributed by atoms with Crippen LogP contribution in [0, 0.1) is 5.41 Å². The molecular formula is C27H43FO4S. The summed E-state index contributed by atoms with van der Waals surface area (Å²) in [6.07, 6.45) is 18.5. The summed E-state index contributed by atoms with van der Waals surface area (Å²) in [5, 5.41) is 0. The number of hydrogen-bond donors (Lipinski definition) is 0. The zero-order valence-corrected chi connectivity index (χ0v) is 21.8. The number of carbonyl (C=O) groups is 1. The fourth-order valence-corrected chi connectivity index (χ4v) is 7.49. The Morgan fingerprint density at radius 2 is 1.64 bits per heavy atom. The van der Waals surface area contributed by atoms with Crippen molar-refractivity contribution in [3.05, 3.63) is 35.3 Å². The lowest BCUT2D eigenvalue weighted by molar-refractivity contribution is -0.144. The molecule has 1 saturated carbocycles. The van der Waals surface area contributed by atoms with Crippen molar-refractivity contribution in [2.45, 2.75) is 115 Å². The Kier molecular flexibility index (Phi) is 9.96. The first-order valence-corrected chi connectivity index (χ1v) is 14.2. The molecule has 6 heteroatoms. The standard InChI is InChI=1S/C27H43FO4S/c1-5-7-9-16-26(17-10-8-6-2)18-12-19-27(22-21-26,24(29)32-4)33(30,31)23-13-11-15-25(3,28)20-14-23/h11,13-15,20H,5-10,12,16-19,21-22H2,1-4H3. The van der Waals surface area contributed by atoms with Gasteiger partial charge in [-0.05, 0) is 75.2 Å². The molecule has 0 aromatic rings. The monoisotopic (exact) mass is 482 g/mol. The molecule has 0 heterocycles. The highest BCUT2D eigenvalue weighted by molar-refractivity contribution is 7.97. The van der Waals surface area contributed by atoms with Crippen LogP contribution in [0.5, 0.6) is 0 Å². The van der Waals surface area contributed by atoms with E-state index in [9.17, 15) is 17.6 Å². The minimum Gasteiger partial charge on any atom is -0.468 e. The summed E-state index contributed by atoms with van der Waals surface area (Å²) in [4.78, 5) is 13.1. The second-order valence-electron chi connectivity index (χ2n) is 10.2. The van der Waals surface area contributed by atoms with Crippen molar-refractivity contribution in [1.29, 1.82) is 0 Å². The van der Waals surface area contributed by atoms with Crippen LogP contribution in [0.2, 0.25) is 0 Å². The van der Waals surface area contributed by atoms with Crippen molar-refractivity contribution in [2.75, 3.05) is 7.11 Å². The Hall–Kier alpha value is -1.43. The third-order valence-electron chi connectivity index (χ3n) is 7.61. The van der Waals surface area contributed by atoms with Crippen LogP contribution in [0.3, 0.4) is 0 Å². The van der Waals surface area contributed by atoms with Crippen LogP contribution in [0.4, 0.5) is 4.39 Å². The first-order valence-electron chi connectivity index (χ1n) is 12.7. The SMILES string of the molecule is CCCCCC1(CCCCC)CCCC(C(=O)OC)(S(=O)(=O)C2=CC=CC(C)(F)C=C2)CC1. The molecule has 33 heavy (non-hydrogen) atoms. The van der Waals surface area contributed by atoms with Gasteiger partial charge in [-0.15, -0.1) is 0 Å². The molecule has 2 atom stereocenters. The number of esters is 1. The Balaban J connectivity index is 2.42. The van der Waals surface area contributed by atoms with Gasteiger partial charge in [0.05, 0.1) is 12.0 Å². The lowest BCUT2D eigenvalue weighted by Gasteiger charge is -2.35. The van der Waals surface area contributed by atoms with Crippen molar-refractivity contribution in [1.82, 2.24) is 0 Å². The second-order valence-corrected chi connectivity index (χ2v) is 12.4. The van der Waals surface area contributed by atoms with Crippen molar-refractivity contribution in [3.63, 3.8) is 0 Å². The van der Waals surface area contributed by atoms with E-state index in [4.69, 9.17) is 4.74 Å². The van der Waals surface area contributed by atoms with E-state index in [2.05, 4.69) is 13.8 Å². The summed E-state index contributed by atoms with van der Waals surface area (Å²) < 4.78 is 45.8. The Morgan fingerprint density at radius 1 is 1.00 bits per heavy atom. The van der Waals surface area contributed by atoms with Crippen LogP contribution in [0.15, 0.2) is 35.3 Å². The van der Waals surface area contributed by atoms with E-state index in [-0.39, 0.29) is 23.2 Å². The number of halogens is 1. The first-order chi connectivity index (χ1) is 15.6. The van der Waals surface area contributed by atoms with Crippen LogP contribution < -0.4 is 0 Å². The van der Waals surface area contributed by atoms with Gasteiger partial charge >= 0.3 is 5.97 Å². The predicted octanol–water partition coefficient (Wildman–Crippen LogP) is 7.16. The molecule has 0 bridgehead atoms. The summed E-state index contributed by atoms with van der Waals surface area (Å²) in [5.41, 5.74) is -1.66. The van der Waals surface area contributed by atoms with Gasteiger partial charge in [0.2, 0.25) is 0 Å². The highest BCUT2D eigenvalue weighted by atomic mass is 32.2. The molecular weight excluding hydrogens is 439 g/mol. The number of sulfone groups is 1. The summed E-state index contributed by atoms with van der Waals surface area (Å²) >= 11 is 0. The van der Waals surface area contributed by atoms with Gasteiger partial charge < -0.3 is 4.74 Å². The van der Waals surface area contributed by atoms with Crippen molar-refractivity contribution >= 4 is 15.8 Å². The lowest BCUT2D eigenvalue weighted by atomic mass is 9.72. The Labute approximate surface area is 200 Å². The van der Waals surface area contributed by atoms with Gasteiger partial charge in [-0.3, -0.25) is 4.79 Å². The lowest BCUT2D eigenvalue weighted by Crippen LogP contribution is -2.47. The largest absolute Gasteiger partial charge is 0.468 e. The molecule has 4 nitrogen and oxygen atoms in total. The normalized spacial score (nSPS) is 27.5. The number of carbonyl (C=O) groups excluding carboxylic acids is 1. The molecule has 0 aliphatic heterocycles. The molecule has 2 aliphatic rings. The second kappa shape index (κ2) is 11.8. The summed E-state index contributed by atoms with van der Waals surface area (Å²) in [6, 6.07) is 0. The fraction of sp³-hybridized carbons (Fsp3) is 0.741. The molecule has 0 spiro atoms. The van der Waals surface area contributed by atoms with Gasteiger partial charge in [-0.2, -0.15) is 0 Å². The highest BCUT2D eigenvalue weighted by Crippen LogP contribution is 2.49. The van der Waals surface area contributed by atoms with Gasteiger partial charge in [0.1, 0.15) is 5.67 Å². The maximum absolute atomic E-state index is 14.4. The number of rotatable bonds is 11. The van der Waals surface area contributed by atoms with E-state index in [0.29, 0.717) is 12.8 Å². The van der Waals surface area contributed by atoms with Crippen molar-refractivity contribution < 1.29 is 22.3 Å². The number of hydrogen-bond acceptors (Lipinski definition) is 4. The third kappa shape index (κ3) is 6.58. The summed E-state index contributed by atoms with van der Waals surface area (Å²) in [5.74, 6) is -0.689. The smallest absolute Gasteiger partial charge is 0.327 e. The van der Waals surface area contributed by atoms with Gasteiger partial charge in [0.15, 0.2) is 14.6 Å². The molecule has 0 N–H and O–H groups in total. The van der Waals surface area contributed by atoms with E-state index in [1.807, 2.05) is 0 Å². The van der Waals surface area contributed by atoms with E-state index in [1.54, 1.807) is 0 Å². The fourth-order valence-electron chi connectivity index (χ4n) is 5.45. The maximum atomic E-state index is 14.4. The predicted molar refractivity (Wildman–Crippen MR) is 133 cm³/mol.